The summed E-state index contributed by atoms with van der Waals surface area (Å²) in [4.78, 5) is 20.6. The van der Waals surface area contributed by atoms with Crippen molar-refractivity contribution in [3.63, 3.8) is 0 Å². The Morgan fingerprint density at radius 2 is 1.22 bits per heavy atom. The minimum atomic E-state index is -2.02. The molecule has 1 radical (unpaired) electrons. The van der Waals surface area contributed by atoms with E-state index in [0.29, 0.717) is 18.7 Å². The van der Waals surface area contributed by atoms with E-state index >= 15 is 0 Å². The van der Waals surface area contributed by atoms with Crippen LogP contribution in [0.5, 0.6) is 0 Å². The smallest absolute Gasteiger partial charge is 0.741 e. The van der Waals surface area contributed by atoms with Gasteiger partial charge in [0.25, 0.3) is 0 Å². The van der Waals surface area contributed by atoms with E-state index in [9.17, 15) is 4.79 Å². The summed E-state index contributed by atoms with van der Waals surface area (Å²) in [6.07, 6.45) is 2.82. The molecule has 41 heavy (non-hydrogen) atoms. The van der Waals surface area contributed by atoms with Crippen LogP contribution >= 0.6 is 7.26 Å². The van der Waals surface area contributed by atoms with Crippen molar-refractivity contribution in [2.75, 3.05) is 26.8 Å². The van der Waals surface area contributed by atoms with Gasteiger partial charge in [0.15, 0.2) is 0 Å². The Balaban J connectivity index is 0.00000588. The molecule has 0 aliphatic carbocycles. The quantitative estimate of drug-likeness (QED) is 0.0697. The van der Waals surface area contributed by atoms with Gasteiger partial charge in [-0.05, 0) is 46.7 Å². The van der Waals surface area contributed by atoms with Gasteiger partial charge in [-0.2, -0.15) is 10.2 Å². The third kappa shape index (κ3) is 10.3. The molecule has 0 heterocycles. The molecule has 3 rings (SSSR count). The summed E-state index contributed by atoms with van der Waals surface area (Å²) < 4.78 is 0. The average Bonchev–Trinajstić information content (AvgIpc) is 3.01. The molecular weight excluding hydrogens is 621 g/mol. The molecule has 0 atom stereocenters. The number of hydrazone groups is 2. The van der Waals surface area contributed by atoms with E-state index in [2.05, 4.69) is 109 Å². The van der Waals surface area contributed by atoms with Crippen molar-refractivity contribution < 1.29 is 21.9 Å². The Morgan fingerprint density at radius 1 is 0.756 bits per heavy atom. The van der Waals surface area contributed by atoms with E-state index in [1.165, 1.54) is 22.1 Å². The monoisotopic (exact) mass is 653 g/mol. The molecule has 0 unspecified atom stereocenters. The molecular formula is C29H33CuN7OPS2+. The molecule has 3 aromatic carbocycles. The van der Waals surface area contributed by atoms with Crippen LogP contribution in [-0.4, -0.2) is 55.0 Å². The molecule has 217 valence electrons. The van der Waals surface area contributed by atoms with Crippen LogP contribution < -0.4 is 32.1 Å². The number of carbonyl (C=O) groups is 1. The Labute approximate surface area is 264 Å². The number of rotatable bonds is 12. The number of aliphatic imine (C=N–C) groups is 2. The molecule has 8 nitrogen and oxygen atoms in total. The second-order valence-corrected chi connectivity index (χ2v) is 12.9. The molecule has 0 saturated heterocycles. The first kappa shape index (κ1) is 34.0. The van der Waals surface area contributed by atoms with Crippen LogP contribution in [0.4, 0.5) is 0 Å². The maximum absolute atomic E-state index is 13.0. The van der Waals surface area contributed by atoms with Gasteiger partial charge in [-0.3, -0.25) is 25.6 Å². The summed E-state index contributed by atoms with van der Waals surface area (Å²) in [5.41, 5.74) is 5.80. The summed E-state index contributed by atoms with van der Waals surface area (Å²) in [6.45, 7) is 0.525. The molecule has 0 spiro atoms. The van der Waals surface area contributed by atoms with Crippen molar-refractivity contribution >= 4 is 76.6 Å². The SMILES string of the molecule is CN=C([S-])N/N=C/C(CCC(=O)NCC[P+](c1ccccc1)(c1ccccc1)c1ccccc1)=N/NC([S-])=NC.[Cu+2]. The van der Waals surface area contributed by atoms with Gasteiger partial charge in [-0.1, -0.05) is 54.6 Å². The standard InChI is InChI=1S/C29H34N7OPS2.Cu/c1-30-28(39)35-33-22-23(34-36-29(40)31-2)18-19-27(37)32-20-21-38(24-12-6-3-7-13-24,25-14-8-4-9-15-25)26-16-10-5-11-17-26;/h3-17,22H,18-21H2,1-2H3,(H4-,30,31,32,33,34,35,36,37,39,40);/q;+2/p-1. The molecule has 0 aliphatic rings. The van der Waals surface area contributed by atoms with Crippen LogP contribution in [0.15, 0.2) is 111 Å². The maximum atomic E-state index is 13.0. The number of nitrogens with one attached hydrogen (secondary N) is 3. The normalized spacial score (nSPS) is 12.5. The van der Waals surface area contributed by atoms with Gasteiger partial charge >= 0.3 is 17.1 Å². The van der Waals surface area contributed by atoms with Crippen LogP contribution in [0.3, 0.4) is 0 Å². The molecule has 3 aromatic rings. The summed E-state index contributed by atoms with van der Waals surface area (Å²) in [5, 5.41) is 15.7. The van der Waals surface area contributed by atoms with Gasteiger partial charge in [0.1, 0.15) is 23.2 Å². The van der Waals surface area contributed by atoms with Gasteiger partial charge in [0, 0.05) is 26.9 Å². The van der Waals surface area contributed by atoms with Crippen molar-refractivity contribution in [1.82, 2.24) is 16.2 Å². The van der Waals surface area contributed by atoms with Crippen LogP contribution in [0.2, 0.25) is 0 Å². The van der Waals surface area contributed by atoms with Gasteiger partial charge < -0.3 is 30.6 Å². The van der Waals surface area contributed by atoms with Crippen molar-refractivity contribution in [3.05, 3.63) is 91.0 Å². The number of amides is 1. The van der Waals surface area contributed by atoms with Crippen molar-refractivity contribution in [2.45, 2.75) is 12.8 Å². The average molecular weight is 654 g/mol. The minimum absolute atomic E-state index is 0. The molecule has 12 heteroatoms. The maximum Gasteiger partial charge on any atom is 2.00 e. The number of hydrogen-bond acceptors (Lipinski definition) is 7. The molecule has 0 fully saturated rings. The van der Waals surface area contributed by atoms with Crippen LogP contribution in [0.1, 0.15) is 12.8 Å². The molecule has 0 saturated carbocycles. The topological polar surface area (TPSA) is 103 Å². The number of carbonyl (C=O) groups excluding carboxylic acids is 1. The Bertz CT molecular complexity index is 1240. The molecule has 3 N–H and O–H groups in total. The van der Waals surface area contributed by atoms with Gasteiger partial charge in [-0.15, -0.1) is 0 Å². The fraction of sp³-hybridized carbons (Fsp3) is 0.207. The number of nitrogens with zero attached hydrogens (tertiary/aromatic N) is 4. The predicted molar refractivity (Wildman–Crippen MR) is 176 cm³/mol. The Kier molecular flexibility index (Phi) is 15.2. The minimum Gasteiger partial charge on any atom is -0.741 e. The second kappa shape index (κ2) is 18.3. The third-order valence-corrected chi connectivity index (χ3v) is 11.0. The Morgan fingerprint density at radius 3 is 1.68 bits per heavy atom. The van der Waals surface area contributed by atoms with Crippen molar-refractivity contribution in [1.29, 1.82) is 0 Å². The van der Waals surface area contributed by atoms with E-state index in [1.807, 2.05) is 18.2 Å². The van der Waals surface area contributed by atoms with E-state index in [1.54, 1.807) is 14.1 Å². The van der Waals surface area contributed by atoms with E-state index in [-0.39, 0.29) is 39.7 Å². The number of amidine groups is 2. The molecule has 0 bridgehead atoms. The fourth-order valence-corrected chi connectivity index (χ4v) is 8.36. The van der Waals surface area contributed by atoms with E-state index in [4.69, 9.17) is 25.3 Å². The summed E-state index contributed by atoms with van der Waals surface area (Å²) >= 11 is 10.0. The number of benzene rings is 3. The van der Waals surface area contributed by atoms with Gasteiger partial charge in [0.2, 0.25) is 5.91 Å². The molecule has 1 amide bonds. The summed E-state index contributed by atoms with van der Waals surface area (Å²) in [5.74, 6) is -0.0804. The van der Waals surface area contributed by atoms with Crippen LogP contribution in [0, 0.1) is 0 Å². The summed E-state index contributed by atoms with van der Waals surface area (Å²) in [7, 11) is 1.11. The van der Waals surface area contributed by atoms with Crippen LogP contribution in [0.25, 0.3) is 0 Å². The predicted octanol–water partition coefficient (Wildman–Crippen LogP) is 2.46. The van der Waals surface area contributed by atoms with Crippen molar-refractivity contribution in [3.8, 4) is 0 Å². The first-order chi connectivity index (χ1) is 19.5. The zero-order chi connectivity index (χ0) is 28.6. The second-order valence-electron chi connectivity index (χ2n) is 8.53. The van der Waals surface area contributed by atoms with Crippen molar-refractivity contribution in [2.24, 2.45) is 20.2 Å². The molecule has 0 aliphatic heterocycles. The van der Waals surface area contributed by atoms with Gasteiger partial charge in [0.05, 0.1) is 24.6 Å². The summed E-state index contributed by atoms with van der Waals surface area (Å²) in [6, 6.07) is 31.8. The number of hydrogen-bond donors (Lipinski definition) is 3. The van der Waals surface area contributed by atoms with E-state index < -0.39 is 7.26 Å². The van der Waals surface area contributed by atoms with Crippen LogP contribution in [-0.2, 0) is 47.1 Å². The van der Waals surface area contributed by atoms with E-state index in [0.717, 1.165) is 6.16 Å². The third-order valence-electron chi connectivity index (χ3n) is 6.04. The largest absolute Gasteiger partial charge is 2.00 e. The first-order valence-corrected chi connectivity index (χ1v) is 15.5. The molecule has 0 aromatic heterocycles. The zero-order valence-electron chi connectivity index (χ0n) is 22.8. The zero-order valence-corrected chi connectivity index (χ0v) is 26.3. The first-order valence-electron chi connectivity index (χ1n) is 12.7. The fourth-order valence-electron chi connectivity index (χ4n) is 4.11. The van der Waals surface area contributed by atoms with Gasteiger partial charge in [-0.25, -0.2) is 0 Å². The Hall–Kier alpha value is -3.20.